The van der Waals surface area contributed by atoms with Crippen molar-refractivity contribution in [1.82, 2.24) is 5.01 Å². The topological polar surface area (TPSA) is 74.1 Å². The number of carbonyl (C=O) groups is 2. The van der Waals surface area contributed by atoms with Crippen molar-refractivity contribution in [1.29, 1.82) is 0 Å². The maximum atomic E-state index is 13.5. The molecule has 3 aromatic rings. The minimum absolute atomic E-state index is 0.00156. The number of hydrogen-bond acceptors (Lipinski definition) is 5. The summed E-state index contributed by atoms with van der Waals surface area (Å²) in [7, 11) is 0. The number of hydrazone groups is 1. The van der Waals surface area contributed by atoms with Crippen LogP contribution in [0.3, 0.4) is 0 Å². The Balaban J connectivity index is 1.35. The number of hydrogen-bond donors (Lipinski definition) is 1. The zero-order valence-corrected chi connectivity index (χ0v) is 20.9. The second-order valence-corrected chi connectivity index (χ2v) is 10.2. The molecule has 0 saturated carbocycles. The van der Waals surface area contributed by atoms with Crippen molar-refractivity contribution in [3.05, 3.63) is 100 Å². The van der Waals surface area contributed by atoms with E-state index in [0.717, 1.165) is 22.4 Å². The summed E-state index contributed by atoms with van der Waals surface area (Å²) in [4.78, 5) is 29.6. The van der Waals surface area contributed by atoms with E-state index in [-0.39, 0.29) is 30.1 Å². The lowest BCUT2D eigenvalue weighted by molar-refractivity contribution is -0.121. The lowest BCUT2D eigenvalue weighted by Crippen LogP contribution is -2.25. The van der Waals surface area contributed by atoms with Crippen molar-refractivity contribution in [3.63, 3.8) is 0 Å². The Bertz CT molecular complexity index is 1380. The first-order valence-electron chi connectivity index (χ1n) is 11.4. The van der Waals surface area contributed by atoms with E-state index in [1.807, 2.05) is 43.3 Å². The number of aliphatic imine (C=N–C) groups is 1. The lowest BCUT2D eigenvalue weighted by Gasteiger charge is -2.23. The monoisotopic (exact) mass is 520 g/mol. The van der Waals surface area contributed by atoms with E-state index in [1.165, 1.54) is 23.9 Å². The predicted molar refractivity (Wildman–Crippen MR) is 142 cm³/mol. The van der Waals surface area contributed by atoms with Crippen LogP contribution in [0.1, 0.15) is 35.6 Å². The van der Waals surface area contributed by atoms with Crippen LogP contribution in [-0.2, 0) is 9.59 Å². The molecule has 2 aliphatic rings. The fourth-order valence-electron chi connectivity index (χ4n) is 4.16. The summed E-state index contributed by atoms with van der Waals surface area (Å²) in [6.45, 7) is 1.94. The normalized spacial score (nSPS) is 19.3. The molecule has 1 N–H and O–H groups in total. The van der Waals surface area contributed by atoms with Crippen LogP contribution in [0.2, 0.25) is 5.02 Å². The molecule has 0 spiro atoms. The maximum absolute atomic E-state index is 13.5. The van der Waals surface area contributed by atoms with Crippen LogP contribution < -0.4 is 5.32 Å². The van der Waals surface area contributed by atoms with Crippen molar-refractivity contribution in [2.24, 2.45) is 10.1 Å². The van der Waals surface area contributed by atoms with Gasteiger partial charge < -0.3 is 5.32 Å². The summed E-state index contributed by atoms with van der Waals surface area (Å²) in [5, 5.41) is 9.75. The fraction of sp³-hybridized carbons (Fsp3) is 0.185. The number of anilines is 1. The first-order valence-corrected chi connectivity index (χ1v) is 12.7. The highest BCUT2D eigenvalue weighted by atomic mass is 35.5. The van der Waals surface area contributed by atoms with Crippen molar-refractivity contribution in [2.45, 2.75) is 31.1 Å². The second-order valence-electron chi connectivity index (χ2n) is 8.63. The Morgan fingerprint density at radius 2 is 1.89 bits per heavy atom. The highest BCUT2D eigenvalue weighted by Crippen LogP contribution is 2.39. The van der Waals surface area contributed by atoms with Gasteiger partial charge in [-0.2, -0.15) is 10.1 Å². The quantitative estimate of drug-likeness (QED) is 0.450. The first kappa shape index (κ1) is 24.2. The third kappa shape index (κ3) is 5.34. The molecule has 2 atom stereocenters. The highest BCUT2D eigenvalue weighted by molar-refractivity contribution is 8.15. The molecule has 182 valence electrons. The molecule has 5 rings (SSSR count). The van der Waals surface area contributed by atoms with Gasteiger partial charge in [0, 0.05) is 23.6 Å². The van der Waals surface area contributed by atoms with Gasteiger partial charge in [0.25, 0.3) is 5.91 Å². The molecule has 36 heavy (non-hydrogen) atoms. The van der Waals surface area contributed by atoms with E-state index in [1.54, 1.807) is 29.3 Å². The molecule has 2 aliphatic heterocycles. The van der Waals surface area contributed by atoms with E-state index >= 15 is 0 Å². The smallest absolute Gasteiger partial charge is 0.262 e. The molecule has 2 amide bonds. The summed E-state index contributed by atoms with van der Waals surface area (Å²) in [6.07, 6.45) is 0.540. The van der Waals surface area contributed by atoms with Gasteiger partial charge in [-0.25, -0.2) is 9.40 Å². The van der Waals surface area contributed by atoms with Crippen molar-refractivity contribution in [3.8, 4) is 0 Å². The van der Waals surface area contributed by atoms with Gasteiger partial charge >= 0.3 is 0 Å². The number of amides is 2. The standard InChI is InChI=1S/C27H22ClFN4O2S/c1-16-3-2-4-21(13-16)30-25(34)15-24-26(35)31-27(36-24)33-23(18-5-9-19(28)10-6-18)14-22(32-33)17-7-11-20(29)12-8-17/h2-13,23-24H,14-15H2,1H3,(H,30,34)/t23-,24+/m0/s1. The van der Waals surface area contributed by atoms with Gasteiger partial charge in [0.2, 0.25) is 5.91 Å². The fourth-order valence-corrected chi connectivity index (χ4v) is 5.34. The van der Waals surface area contributed by atoms with Crippen LogP contribution >= 0.6 is 23.4 Å². The summed E-state index contributed by atoms with van der Waals surface area (Å²) >= 11 is 7.32. The number of nitrogens with zero attached hydrogens (tertiary/aromatic N) is 3. The van der Waals surface area contributed by atoms with Crippen LogP contribution in [0.4, 0.5) is 10.1 Å². The molecule has 3 aromatic carbocycles. The molecule has 0 fully saturated rings. The van der Waals surface area contributed by atoms with Gasteiger partial charge in [-0.1, -0.05) is 59.8 Å². The van der Waals surface area contributed by atoms with E-state index in [4.69, 9.17) is 16.7 Å². The van der Waals surface area contributed by atoms with Crippen LogP contribution in [0, 0.1) is 12.7 Å². The number of halogens is 2. The number of thioether (sulfide) groups is 1. The number of rotatable bonds is 5. The van der Waals surface area contributed by atoms with Gasteiger partial charge in [-0.15, -0.1) is 0 Å². The number of carbonyl (C=O) groups excluding carboxylic acids is 2. The molecule has 0 saturated heterocycles. The molecule has 0 unspecified atom stereocenters. The van der Waals surface area contributed by atoms with Gasteiger partial charge in [0.05, 0.1) is 11.8 Å². The van der Waals surface area contributed by atoms with Gasteiger partial charge in [-0.3, -0.25) is 9.59 Å². The van der Waals surface area contributed by atoms with Crippen molar-refractivity contribution in [2.75, 3.05) is 5.32 Å². The predicted octanol–water partition coefficient (Wildman–Crippen LogP) is 5.97. The minimum atomic E-state index is -0.638. The number of aryl methyl sites for hydroxylation is 1. The average molecular weight is 521 g/mol. The average Bonchev–Trinajstić information content (AvgIpc) is 3.44. The van der Waals surface area contributed by atoms with Crippen molar-refractivity contribution >= 4 is 51.7 Å². The third-order valence-electron chi connectivity index (χ3n) is 5.94. The highest BCUT2D eigenvalue weighted by Gasteiger charge is 2.39. The molecule has 6 nitrogen and oxygen atoms in total. The number of benzene rings is 3. The molecule has 0 bridgehead atoms. The zero-order valence-electron chi connectivity index (χ0n) is 19.3. The molecule has 0 radical (unpaired) electrons. The molecular formula is C27H22ClFN4O2S. The van der Waals surface area contributed by atoms with E-state index in [0.29, 0.717) is 22.3 Å². The molecule has 2 heterocycles. The van der Waals surface area contributed by atoms with Crippen LogP contribution in [0.15, 0.2) is 82.9 Å². The van der Waals surface area contributed by atoms with Crippen LogP contribution in [-0.4, -0.2) is 33.0 Å². The third-order valence-corrected chi connectivity index (χ3v) is 7.33. The van der Waals surface area contributed by atoms with E-state index in [2.05, 4.69) is 10.3 Å². The molecule has 0 aliphatic carbocycles. The molecule has 9 heteroatoms. The summed E-state index contributed by atoms with van der Waals surface area (Å²) in [5.41, 5.74) is 4.22. The largest absolute Gasteiger partial charge is 0.326 e. The Morgan fingerprint density at radius 1 is 1.14 bits per heavy atom. The molecular weight excluding hydrogens is 499 g/mol. The second kappa shape index (κ2) is 10.2. The summed E-state index contributed by atoms with van der Waals surface area (Å²) in [6, 6.07) is 20.9. The Labute approximate surface area is 217 Å². The number of nitrogens with one attached hydrogen (secondary N) is 1. The summed E-state index contributed by atoms with van der Waals surface area (Å²) < 4.78 is 13.5. The zero-order chi connectivity index (χ0) is 25.2. The summed E-state index contributed by atoms with van der Waals surface area (Å²) in [5.74, 6) is -0.944. The number of amidine groups is 1. The lowest BCUT2D eigenvalue weighted by atomic mass is 9.99. The Morgan fingerprint density at radius 3 is 2.61 bits per heavy atom. The SMILES string of the molecule is Cc1cccc(NC(=O)C[C@H]2SC(N3N=C(c4ccc(F)cc4)C[C@H]3c3ccc(Cl)cc3)=NC2=O)c1. The van der Waals surface area contributed by atoms with E-state index in [9.17, 15) is 14.0 Å². The van der Waals surface area contributed by atoms with Gasteiger partial charge in [0.15, 0.2) is 5.17 Å². The van der Waals surface area contributed by atoms with Gasteiger partial charge in [0.1, 0.15) is 11.1 Å². The van der Waals surface area contributed by atoms with Gasteiger partial charge in [-0.05, 0) is 60.0 Å². The van der Waals surface area contributed by atoms with Crippen LogP contribution in [0.5, 0.6) is 0 Å². The van der Waals surface area contributed by atoms with E-state index < -0.39 is 5.25 Å². The Kier molecular flexibility index (Phi) is 6.89. The first-order chi connectivity index (χ1) is 17.4. The Hall–Kier alpha value is -3.49. The van der Waals surface area contributed by atoms with Crippen LogP contribution in [0.25, 0.3) is 0 Å². The minimum Gasteiger partial charge on any atom is -0.326 e. The molecule has 0 aromatic heterocycles. The maximum Gasteiger partial charge on any atom is 0.262 e. The van der Waals surface area contributed by atoms with Crippen molar-refractivity contribution < 1.29 is 14.0 Å².